The van der Waals surface area contributed by atoms with Crippen molar-refractivity contribution < 1.29 is 4.39 Å². The first-order chi connectivity index (χ1) is 9.63. The van der Waals surface area contributed by atoms with E-state index in [1.807, 2.05) is 17.8 Å². The van der Waals surface area contributed by atoms with Gasteiger partial charge < -0.3 is 5.32 Å². The molecule has 1 aliphatic rings. The summed E-state index contributed by atoms with van der Waals surface area (Å²) in [5.41, 5.74) is 3.20. The average molecular weight is 294 g/mol. The zero-order valence-electron chi connectivity index (χ0n) is 11.4. The quantitative estimate of drug-likeness (QED) is 0.917. The summed E-state index contributed by atoms with van der Waals surface area (Å²) in [7, 11) is 0. The van der Waals surface area contributed by atoms with Crippen LogP contribution in [0, 0.1) is 12.7 Å². The lowest BCUT2D eigenvalue weighted by Crippen LogP contribution is -2.16. The first kappa shape index (κ1) is 13.6. The van der Waals surface area contributed by atoms with Crippen molar-refractivity contribution in [3.05, 3.63) is 52.1 Å². The topological polar surface area (TPSA) is 29.9 Å². The molecule has 0 radical (unpaired) electrons. The van der Waals surface area contributed by atoms with Crippen molar-refractivity contribution in [1.29, 1.82) is 0 Å². The molecule has 1 heterocycles. The van der Waals surface area contributed by atoms with Gasteiger partial charge in [-0.1, -0.05) is 17.7 Å². The molecule has 2 aromatic rings. The van der Waals surface area contributed by atoms with Crippen LogP contribution in [0.3, 0.4) is 0 Å². The third kappa shape index (κ3) is 3.02. The van der Waals surface area contributed by atoms with E-state index >= 15 is 0 Å². The summed E-state index contributed by atoms with van der Waals surface area (Å²) in [4.78, 5) is 0. The molecule has 0 spiro atoms. The van der Waals surface area contributed by atoms with Crippen LogP contribution in [-0.2, 0) is 13.1 Å². The number of nitrogens with zero attached hydrogens (tertiary/aromatic N) is 2. The molecule has 1 aliphatic carbocycles. The molecule has 106 valence electrons. The number of hydrogen-bond acceptors (Lipinski definition) is 2. The first-order valence-electron chi connectivity index (χ1n) is 6.82. The Labute approximate surface area is 122 Å². The van der Waals surface area contributed by atoms with Crippen molar-refractivity contribution >= 4 is 11.6 Å². The van der Waals surface area contributed by atoms with Crippen LogP contribution in [0.1, 0.15) is 29.7 Å². The Balaban J connectivity index is 1.73. The van der Waals surface area contributed by atoms with E-state index in [4.69, 9.17) is 11.6 Å². The normalized spacial score (nSPS) is 14.8. The zero-order chi connectivity index (χ0) is 14.1. The minimum absolute atomic E-state index is 0.315. The Morgan fingerprint density at radius 3 is 2.90 bits per heavy atom. The van der Waals surface area contributed by atoms with Crippen molar-refractivity contribution in [2.75, 3.05) is 0 Å². The molecule has 3 nitrogen and oxygen atoms in total. The van der Waals surface area contributed by atoms with Crippen LogP contribution in [0.15, 0.2) is 24.4 Å². The second kappa shape index (κ2) is 5.54. The SMILES string of the molecule is Cc1c(CNC2CC2)cnn1Cc1ccc(F)cc1Cl. The molecule has 0 aliphatic heterocycles. The van der Waals surface area contributed by atoms with E-state index in [-0.39, 0.29) is 5.82 Å². The van der Waals surface area contributed by atoms with Gasteiger partial charge in [-0.05, 0) is 37.5 Å². The summed E-state index contributed by atoms with van der Waals surface area (Å²) in [5, 5.41) is 8.32. The van der Waals surface area contributed by atoms with Crippen molar-refractivity contribution in [2.45, 2.75) is 38.9 Å². The van der Waals surface area contributed by atoms with E-state index in [9.17, 15) is 4.39 Å². The van der Waals surface area contributed by atoms with Crippen LogP contribution >= 0.6 is 11.6 Å². The molecular weight excluding hydrogens is 277 g/mol. The van der Waals surface area contributed by atoms with Crippen LogP contribution < -0.4 is 5.32 Å². The highest BCUT2D eigenvalue weighted by Crippen LogP contribution is 2.21. The third-order valence-corrected chi connectivity index (χ3v) is 4.05. The fourth-order valence-corrected chi connectivity index (χ4v) is 2.40. The molecule has 20 heavy (non-hydrogen) atoms. The van der Waals surface area contributed by atoms with Gasteiger partial charge in [0.05, 0.1) is 12.7 Å². The third-order valence-electron chi connectivity index (χ3n) is 3.70. The van der Waals surface area contributed by atoms with Crippen LogP contribution in [0.4, 0.5) is 4.39 Å². The predicted octanol–water partition coefficient (Wildman–Crippen LogP) is 3.28. The second-order valence-corrected chi connectivity index (χ2v) is 5.71. The highest BCUT2D eigenvalue weighted by molar-refractivity contribution is 6.31. The maximum Gasteiger partial charge on any atom is 0.124 e. The Morgan fingerprint density at radius 2 is 2.20 bits per heavy atom. The first-order valence-corrected chi connectivity index (χ1v) is 7.20. The molecule has 1 aromatic carbocycles. The Hall–Kier alpha value is -1.39. The molecule has 0 atom stereocenters. The van der Waals surface area contributed by atoms with E-state index < -0.39 is 0 Å². The lowest BCUT2D eigenvalue weighted by Gasteiger charge is -2.08. The largest absolute Gasteiger partial charge is 0.310 e. The van der Waals surface area contributed by atoms with E-state index in [0.717, 1.165) is 17.8 Å². The summed E-state index contributed by atoms with van der Waals surface area (Å²) in [5.74, 6) is -0.315. The number of halogens is 2. The minimum atomic E-state index is -0.315. The summed E-state index contributed by atoms with van der Waals surface area (Å²) in [6, 6.07) is 5.16. The van der Waals surface area contributed by atoms with Gasteiger partial charge in [0.15, 0.2) is 0 Å². The number of hydrogen-bond donors (Lipinski definition) is 1. The summed E-state index contributed by atoms with van der Waals surface area (Å²) in [6.07, 6.45) is 4.44. The van der Waals surface area contributed by atoms with Gasteiger partial charge in [0.2, 0.25) is 0 Å². The molecule has 5 heteroatoms. The maximum absolute atomic E-state index is 13.0. The van der Waals surface area contributed by atoms with Gasteiger partial charge in [-0.2, -0.15) is 5.10 Å². The average Bonchev–Trinajstić information content (AvgIpc) is 3.17. The van der Waals surface area contributed by atoms with Crippen LogP contribution in [0.5, 0.6) is 0 Å². The molecule has 0 saturated heterocycles. The number of rotatable bonds is 5. The highest BCUT2D eigenvalue weighted by Gasteiger charge is 2.20. The molecule has 0 bridgehead atoms. The fourth-order valence-electron chi connectivity index (χ4n) is 2.17. The second-order valence-electron chi connectivity index (χ2n) is 5.30. The molecular formula is C15H17ClFN3. The summed E-state index contributed by atoms with van der Waals surface area (Å²) < 4.78 is 14.9. The summed E-state index contributed by atoms with van der Waals surface area (Å²) in [6.45, 7) is 3.47. The smallest absolute Gasteiger partial charge is 0.124 e. The van der Waals surface area contributed by atoms with Gasteiger partial charge in [0, 0.05) is 28.9 Å². The van der Waals surface area contributed by atoms with Crippen LogP contribution in [0.25, 0.3) is 0 Å². The van der Waals surface area contributed by atoms with Gasteiger partial charge in [-0.25, -0.2) is 4.39 Å². The van der Waals surface area contributed by atoms with Gasteiger partial charge >= 0.3 is 0 Å². The molecule has 1 fully saturated rings. The Morgan fingerprint density at radius 1 is 1.40 bits per heavy atom. The van der Waals surface area contributed by atoms with E-state index in [1.54, 1.807) is 6.07 Å². The van der Waals surface area contributed by atoms with Crippen LogP contribution in [0.2, 0.25) is 5.02 Å². The molecule has 1 saturated carbocycles. The van der Waals surface area contributed by atoms with E-state index in [0.29, 0.717) is 17.6 Å². The van der Waals surface area contributed by atoms with E-state index in [1.165, 1.54) is 30.5 Å². The Bertz CT molecular complexity index is 620. The zero-order valence-corrected chi connectivity index (χ0v) is 12.1. The van der Waals surface area contributed by atoms with Crippen molar-refractivity contribution in [2.24, 2.45) is 0 Å². The Kier molecular flexibility index (Phi) is 3.76. The lowest BCUT2D eigenvalue weighted by molar-refractivity contribution is 0.622. The fraction of sp³-hybridized carbons (Fsp3) is 0.400. The maximum atomic E-state index is 13.0. The molecule has 0 unspecified atom stereocenters. The van der Waals surface area contributed by atoms with E-state index in [2.05, 4.69) is 10.4 Å². The molecule has 0 amide bonds. The van der Waals surface area contributed by atoms with Gasteiger partial charge in [0.1, 0.15) is 5.82 Å². The number of aromatic nitrogens is 2. The predicted molar refractivity (Wildman–Crippen MR) is 77.3 cm³/mol. The monoisotopic (exact) mass is 293 g/mol. The van der Waals surface area contributed by atoms with Crippen molar-refractivity contribution in [3.8, 4) is 0 Å². The number of benzene rings is 1. The molecule has 1 aromatic heterocycles. The highest BCUT2D eigenvalue weighted by atomic mass is 35.5. The summed E-state index contributed by atoms with van der Waals surface area (Å²) >= 11 is 6.06. The van der Waals surface area contributed by atoms with Crippen LogP contribution in [-0.4, -0.2) is 15.8 Å². The molecule has 1 N–H and O–H groups in total. The minimum Gasteiger partial charge on any atom is -0.310 e. The lowest BCUT2D eigenvalue weighted by atomic mass is 10.2. The van der Waals surface area contributed by atoms with Crippen molar-refractivity contribution in [1.82, 2.24) is 15.1 Å². The van der Waals surface area contributed by atoms with Gasteiger partial charge in [-0.3, -0.25) is 4.68 Å². The standard InChI is InChI=1S/C15H17ClFN3/c1-10-12(7-18-14-4-5-14)8-19-20(10)9-11-2-3-13(17)6-15(11)16/h2-3,6,8,14,18H,4-5,7,9H2,1H3. The van der Waals surface area contributed by atoms with Gasteiger partial charge in [0.25, 0.3) is 0 Å². The van der Waals surface area contributed by atoms with Crippen molar-refractivity contribution in [3.63, 3.8) is 0 Å². The number of nitrogens with one attached hydrogen (secondary N) is 1. The van der Waals surface area contributed by atoms with Gasteiger partial charge in [-0.15, -0.1) is 0 Å². The molecule has 3 rings (SSSR count).